The molecule has 102 valence electrons. The second-order valence-electron chi connectivity index (χ2n) is 4.43. The lowest BCUT2D eigenvalue weighted by molar-refractivity contribution is -0.131. The van der Waals surface area contributed by atoms with Gasteiger partial charge in [0.2, 0.25) is 0 Å². The molecule has 3 N–H and O–H groups in total. The largest absolute Gasteiger partial charge is 0.478 e. The van der Waals surface area contributed by atoms with E-state index in [4.69, 9.17) is 5.11 Å². The molecule has 2 rings (SSSR count). The quantitative estimate of drug-likeness (QED) is 0.723. The number of carboxylic acids is 1. The summed E-state index contributed by atoms with van der Waals surface area (Å²) < 4.78 is 0. The maximum absolute atomic E-state index is 11.5. The maximum atomic E-state index is 11.5. The second kappa shape index (κ2) is 6.38. The lowest BCUT2D eigenvalue weighted by Gasteiger charge is -2.26. The normalized spacial score (nSPS) is 15.2. The zero-order chi connectivity index (χ0) is 13.7. The Kier molecular flexibility index (Phi) is 4.57. The van der Waals surface area contributed by atoms with Gasteiger partial charge in [0, 0.05) is 21.9 Å². The van der Waals surface area contributed by atoms with Crippen molar-refractivity contribution in [3.63, 3.8) is 0 Å². The summed E-state index contributed by atoms with van der Waals surface area (Å²) in [6, 6.07) is 3.92. The van der Waals surface area contributed by atoms with Crippen molar-refractivity contribution in [2.75, 3.05) is 0 Å². The monoisotopic (exact) mass is 280 g/mol. The molecule has 1 aliphatic rings. The molecule has 6 heteroatoms. The molecule has 19 heavy (non-hydrogen) atoms. The number of carbonyl (C=O) groups is 2. The predicted molar refractivity (Wildman–Crippen MR) is 74.0 cm³/mol. The molecule has 1 aliphatic carbocycles. The number of thiophene rings is 1. The van der Waals surface area contributed by atoms with Crippen LogP contribution in [-0.4, -0.2) is 23.1 Å². The SMILES string of the molecule is O=C(O)/C=C/c1ccc(CNC(=O)NC2CCC2)s1. The van der Waals surface area contributed by atoms with E-state index < -0.39 is 5.97 Å². The van der Waals surface area contributed by atoms with Crippen molar-refractivity contribution in [3.8, 4) is 0 Å². The van der Waals surface area contributed by atoms with Gasteiger partial charge in [0.25, 0.3) is 0 Å². The molecule has 1 saturated carbocycles. The Bertz CT molecular complexity index is 492. The van der Waals surface area contributed by atoms with E-state index in [1.165, 1.54) is 17.8 Å². The molecule has 0 radical (unpaired) electrons. The van der Waals surface area contributed by atoms with E-state index in [1.54, 1.807) is 6.08 Å². The van der Waals surface area contributed by atoms with E-state index in [0.717, 1.165) is 28.7 Å². The van der Waals surface area contributed by atoms with Crippen molar-refractivity contribution in [1.82, 2.24) is 10.6 Å². The van der Waals surface area contributed by atoms with Gasteiger partial charge < -0.3 is 15.7 Å². The molecule has 0 spiro atoms. The number of hydrogen-bond donors (Lipinski definition) is 3. The molecule has 0 saturated heterocycles. The number of rotatable bonds is 5. The van der Waals surface area contributed by atoms with Crippen LogP contribution in [0.15, 0.2) is 18.2 Å². The molecule has 1 fully saturated rings. The average Bonchev–Trinajstić information content (AvgIpc) is 2.77. The Balaban J connectivity index is 1.76. The van der Waals surface area contributed by atoms with Crippen molar-refractivity contribution in [1.29, 1.82) is 0 Å². The molecule has 0 unspecified atom stereocenters. The van der Waals surface area contributed by atoms with E-state index in [9.17, 15) is 9.59 Å². The van der Waals surface area contributed by atoms with Gasteiger partial charge in [-0.1, -0.05) is 0 Å². The first-order valence-electron chi connectivity index (χ1n) is 6.17. The van der Waals surface area contributed by atoms with Crippen molar-refractivity contribution in [3.05, 3.63) is 28.0 Å². The first kappa shape index (κ1) is 13.6. The van der Waals surface area contributed by atoms with Gasteiger partial charge in [0.15, 0.2) is 0 Å². The summed E-state index contributed by atoms with van der Waals surface area (Å²) in [5, 5.41) is 14.2. The minimum Gasteiger partial charge on any atom is -0.478 e. The van der Waals surface area contributed by atoms with E-state index in [0.29, 0.717) is 12.6 Å². The third-order valence-corrected chi connectivity index (χ3v) is 3.99. The molecule has 5 nitrogen and oxygen atoms in total. The third-order valence-electron chi connectivity index (χ3n) is 2.94. The van der Waals surface area contributed by atoms with E-state index >= 15 is 0 Å². The Morgan fingerprint density at radius 2 is 2.21 bits per heavy atom. The summed E-state index contributed by atoms with van der Waals surface area (Å²) in [6.07, 6.45) is 5.97. The molecular formula is C13H16N2O3S. The van der Waals surface area contributed by atoms with E-state index in [-0.39, 0.29) is 6.03 Å². The van der Waals surface area contributed by atoms with E-state index in [2.05, 4.69) is 10.6 Å². The smallest absolute Gasteiger partial charge is 0.328 e. The van der Waals surface area contributed by atoms with Crippen LogP contribution in [0, 0.1) is 0 Å². The number of carboxylic acid groups (broad SMARTS) is 1. The summed E-state index contributed by atoms with van der Waals surface area (Å²) in [6.45, 7) is 0.462. The van der Waals surface area contributed by atoms with Crippen LogP contribution >= 0.6 is 11.3 Å². The molecule has 0 aliphatic heterocycles. The number of carbonyl (C=O) groups excluding carboxylic acids is 1. The minimum atomic E-state index is -0.965. The number of nitrogens with one attached hydrogen (secondary N) is 2. The molecule has 0 aromatic carbocycles. The van der Waals surface area contributed by atoms with E-state index in [1.807, 2.05) is 12.1 Å². The number of hydrogen-bond acceptors (Lipinski definition) is 3. The van der Waals surface area contributed by atoms with Gasteiger partial charge in [0.1, 0.15) is 0 Å². The third kappa shape index (κ3) is 4.40. The summed E-state index contributed by atoms with van der Waals surface area (Å²) in [5.41, 5.74) is 0. The zero-order valence-electron chi connectivity index (χ0n) is 10.4. The number of urea groups is 1. The number of amides is 2. The van der Waals surface area contributed by atoms with Crippen LogP contribution in [-0.2, 0) is 11.3 Å². The Morgan fingerprint density at radius 1 is 1.42 bits per heavy atom. The van der Waals surface area contributed by atoms with Crippen molar-refractivity contribution < 1.29 is 14.7 Å². The van der Waals surface area contributed by atoms with Gasteiger partial charge in [-0.3, -0.25) is 0 Å². The summed E-state index contributed by atoms with van der Waals surface area (Å²) >= 11 is 1.46. The molecule has 1 aromatic heterocycles. The van der Waals surface area contributed by atoms with Gasteiger partial charge in [0.05, 0.1) is 6.54 Å². The molecule has 2 amide bonds. The fourth-order valence-electron chi connectivity index (χ4n) is 1.69. The van der Waals surface area contributed by atoms with Crippen LogP contribution in [0.5, 0.6) is 0 Å². The fourth-order valence-corrected chi connectivity index (χ4v) is 2.54. The molecular weight excluding hydrogens is 264 g/mol. The highest BCUT2D eigenvalue weighted by atomic mass is 32.1. The predicted octanol–water partition coefficient (Wildman–Crippen LogP) is 2.20. The Hall–Kier alpha value is -1.82. The standard InChI is InChI=1S/C13H16N2O3S/c16-12(17)7-6-10-4-5-11(19-10)8-14-13(18)15-9-2-1-3-9/h4-7,9H,1-3,8H2,(H,16,17)(H2,14,15,18)/b7-6+. The van der Waals surface area contributed by atoms with Crippen LogP contribution in [0.3, 0.4) is 0 Å². The highest BCUT2D eigenvalue weighted by molar-refractivity contribution is 7.12. The summed E-state index contributed by atoms with van der Waals surface area (Å²) in [5.74, 6) is -0.965. The molecule has 1 heterocycles. The van der Waals surface area contributed by atoms with Gasteiger partial charge in [-0.05, 0) is 37.5 Å². The molecule has 1 aromatic rings. The van der Waals surface area contributed by atoms with Gasteiger partial charge in [-0.15, -0.1) is 11.3 Å². The van der Waals surface area contributed by atoms with Gasteiger partial charge in [-0.25, -0.2) is 9.59 Å². The molecule has 0 atom stereocenters. The van der Waals surface area contributed by atoms with Crippen molar-refractivity contribution >= 4 is 29.4 Å². The van der Waals surface area contributed by atoms with Gasteiger partial charge in [-0.2, -0.15) is 0 Å². The maximum Gasteiger partial charge on any atom is 0.328 e. The second-order valence-corrected chi connectivity index (χ2v) is 5.63. The van der Waals surface area contributed by atoms with Gasteiger partial charge >= 0.3 is 12.0 Å². The molecule has 0 bridgehead atoms. The minimum absolute atomic E-state index is 0.138. The van der Waals surface area contributed by atoms with Crippen LogP contribution < -0.4 is 10.6 Å². The lowest BCUT2D eigenvalue weighted by Crippen LogP contribution is -2.44. The van der Waals surface area contributed by atoms with Crippen molar-refractivity contribution in [2.24, 2.45) is 0 Å². The summed E-state index contributed by atoms with van der Waals surface area (Å²) in [4.78, 5) is 23.8. The van der Waals surface area contributed by atoms with Crippen LogP contribution in [0.1, 0.15) is 29.0 Å². The van der Waals surface area contributed by atoms with Crippen LogP contribution in [0.2, 0.25) is 0 Å². The average molecular weight is 280 g/mol. The zero-order valence-corrected chi connectivity index (χ0v) is 11.2. The highest BCUT2D eigenvalue weighted by Crippen LogP contribution is 2.19. The topological polar surface area (TPSA) is 78.4 Å². The first-order valence-corrected chi connectivity index (χ1v) is 6.99. The Morgan fingerprint density at radius 3 is 2.84 bits per heavy atom. The fraction of sp³-hybridized carbons (Fsp3) is 0.385. The van der Waals surface area contributed by atoms with Crippen molar-refractivity contribution in [2.45, 2.75) is 31.8 Å². The summed E-state index contributed by atoms with van der Waals surface area (Å²) in [7, 11) is 0. The lowest BCUT2D eigenvalue weighted by atomic mass is 9.93. The highest BCUT2D eigenvalue weighted by Gasteiger charge is 2.18. The van der Waals surface area contributed by atoms with Crippen LogP contribution in [0.4, 0.5) is 4.79 Å². The Labute approximate surface area is 115 Å². The van der Waals surface area contributed by atoms with Crippen LogP contribution in [0.25, 0.3) is 6.08 Å². The number of aliphatic carboxylic acids is 1. The first-order chi connectivity index (χ1) is 9.13.